The van der Waals surface area contributed by atoms with Crippen LogP contribution in [0.3, 0.4) is 0 Å². The molecule has 18 heavy (non-hydrogen) atoms. The van der Waals surface area contributed by atoms with E-state index in [-0.39, 0.29) is 10.6 Å². The molecule has 2 aromatic heterocycles. The number of anilines is 2. The van der Waals surface area contributed by atoms with Crippen LogP contribution < -0.4 is 10.9 Å². The zero-order chi connectivity index (χ0) is 13.1. The Labute approximate surface area is 109 Å². The molecule has 0 amide bonds. The molecule has 1 N–H and O–H groups in total. The SMILES string of the molecule is CCn1cc(Nc2cnn(CC)c(=O)c2Cl)cn1. The minimum atomic E-state index is -0.299. The van der Waals surface area contributed by atoms with E-state index < -0.39 is 0 Å². The number of aryl methyl sites for hydroxylation is 2. The van der Waals surface area contributed by atoms with Gasteiger partial charge in [-0.1, -0.05) is 11.6 Å². The quantitative estimate of drug-likeness (QED) is 0.919. The Morgan fingerprint density at radius 2 is 2.06 bits per heavy atom. The molecule has 96 valence electrons. The molecule has 0 unspecified atom stereocenters. The van der Waals surface area contributed by atoms with E-state index >= 15 is 0 Å². The van der Waals surface area contributed by atoms with E-state index in [4.69, 9.17) is 11.6 Å². The summed E-state index contributed by atoms with van der Waals surface area (Å²) in [6, 6.07) is 0. The summed E-state index contributed by atoms with van der Waals surface area (Å²) in [5.74, 6) is 0. The van der Waals surface area contributed by atoms with Crippen molar-refractivity contribution in [1.82, 2.24) is 19.6 Å². The lowest BCUT2D eigenvalue weighted by molar-refractivity contribution is 0.616. The van der Waals surface area contributed by atoms with Gasteiger partial charge in [0.15, 0.2) is 0 Å². The second-order valence-electron chi connectivity index (χ2n) is 3.70. The van der Waals surface area contributed by atoms with Gasteiger partial charge in [0, 0.05) is 19.3 Å². The first-order chi connectivity index (χ1) is 8.65. The fourth-order valence-electron chi connectivity index (χ4n) is 1.53. The lowest BCUT2D eigenvalue weighted by Crippen LogP contribution is -2.22. The van der Waals surface area contributed by atoms with Gasteiger partial charge < -0.3 is 5.32 Å². The first-order valence-corrected chi connectivity index (χ1v) is 6.08. The van der Waals surface area contributed by atoms with Crippen molar-refractivity contribution in [2.24, 2.45) is 0 Å². The number of halogens is 1. The predicted molar refractivity (Wildman–Crippen MR) is 70.4 cm³/mol. The molecule has 0 aliphatic rings. The normalized spacial score (nSPS) is 10.6. The van der Waals surface area contributed by atoms with Crippen LogP contribution in [0.4, 0.5) is 11.4 Å². The first kappa shape index (κ1) is 12.6. The lowest BCUT2D eigenvalue weighted by Gasteiger charge is -2.07. The Balaban J connectivity index is 2.29. The molecule has 0 fully saturated rings. The van der Waals surface area contributed by atoms with Gasteiger partial charge in [-0.25, -0.2) is 4.68 Å². The van der Waals surface area contributed by atoms with Gasteiger partial charge in [0.25, 0.3) is 5.56 Å². The molecule has 0 aliphatic heterocycles. The zero-order valence-corrected chi connectivity index (χ0v) is 11.0. The standard InChI is InChI=1S/C11H14ClN5O/c1-3-16-7-8(5-13-16)15-9-6-14-17(4-2)11(18)10(9)12/h5-7,15H,3-4H2,1-2H3. The number of hydrogen-bond donors (Lipinski definition) is 1. The van der Waals surface area contributed by atoms with Gasteiger partial charge in [0.05, 0.1) is 23.8 Å². The fraction of sp³-hybridized carbons (Fsp3) is 0.364. The summed E-state index contributed by atoms with van der Waals surface area (Å²) in [7, 11) is 0. The molecule has 7 heteroatoms. The third-order valence-electron chi connectivity index (χ3n) is 2.52. The Morgan fingerprint density at radius 3 is 2.67 bits per heavy atom. The van der Waals surface area contributed by atoms with Crippen molar-refractivity contribution < 1.29 is 0 Å². The van der Waals surface area contributed by atoms with Crippen LogP contribution in [0.25, 0.3) is 0 Å². The third-order valence-corrected chi connectivity index (χ3v) is 2.89. The van der Waals surface area contributed by atoms with Crippen molar-refractivity contribution in [2.45, 2.75) is 26.9 Å². The maximum atomic E-state index is 11.8. The van der Waals surface area contributed by atoms with Crippen LogP contribution in [0.2, 0.25) is 5.02 Å². The molecule has 2 aromatic rings. The van der Waals surface area contributed by atoms with Gasteiger partial charge >= 0.3 is 0 Å². The molecule has 0 saturated carbocycles. The molecule has 2 heterocycles. The van der Waals surface area contributed by atoms with E-state index in [1.165, 1.54) is 10.9 Å². The number of rotatable bonds is 4. The van der Waals surface area contributed by atoms with Crippen LogP contribution in [0.1, 0.15) is 13.8 Å². The van der Waals surface area contributed by atoms with Gasteiger partial charge in [-0.2, -0.15) is 10.2 Å². The smallest absolute Gasteiger partial charge is 0.287 e. The monoisotopic (exact) mass is 267 g/mol. The fourth-order valence-corrected chi connectivity index (χ4v) is 1.73. The van der Waals surface area contributed by atoms with E-state index in [9.17, 15) is 4.79 Å². The largest absolute Gasteiger partial charge is 0.350 e. The number of nitrogens with zero attached hydrogens (tertiary/aromatic N) is 4. The minimum Gasteiger partial charge on any atom is -0.350 e. The average Bonchev–Trinajstić information content (AvgIpc) is 2.83. The van der Waals surface area contributed by atoms with Crippen LogP contribution >= 0.6 is 11.6 Å². The summed E-state index contributed by atoms with van der Waals surface area (Å²) in [5, 5.41) is 11.3. The number of nitrogens with one attached hydrogen (secondary N) is 1. The van der Waals surface area contributed by atoms with Crippen LogP contribution in [0.5, 0.6) is 0 Å². The third kappa shape index (κ3) is 2.38. The molecule has 6 nitrogen and oxygen atoms in total. The summed E-state index contributed by atoms with van der Waals surface area (Å²) in [6.07, 6.45) is 5.05. The minimum absolute atomic E-state index is 0.135. The molecule has 0 aromatic carbocycles. The van der Waals surface area contributed by atoms with Crippen LogP contribution in [0.15, 0.2) is 23.4 Å². The van der Waals surface area contributed by atoms with Crippen LogP contribution in [-0.4, -0.2) is 19.6 Å². The van der Waals surface area contributed by atoms with Crippen molar-refractivity contribution >= 4 is 23.0 Å². The number of hydrogen-bond acceptors (Lipinski definition) is 4. The van der Waals surface area contributed by atoms with Gasteiger partial charge in [0.1, 0.15) is 5.02 Å². The molecule has 0 aliphatic carbocycles. The first-order valence-electron chi connectivity index (χ1n) is 5.70. The zero-order valence-electron chi connectivity index (χ0n) is 10.2. The van der Waals surface area contributed by atoms with Gasteiger partial charge in [-0.15, -0.1) is 0 Å². The Morgan fingerprint density at radius 1 is 1.28 bits per heavy atom. The van der Waals surface area contributed by atoms with Crippen molar-refractivity contribution in [3.8, 4) is 0 Å². The maximum absolute atomic E-state index is 11.8. The van der Waals surface area contributed by atoms with E-state index in [2.05, 4.69) is 15.5 Å². The van der Waals surface area contributed by atoms with Crippen molar-refractivity contribution in [3.05, 3.63) is 34.0 Å². The Hall–Kier alpha value is -1.82. The van der Waals surface area contributed by atoms with Crippen LogP contribution in [-0.2, 0) is 13.1 Å². The second kappa shape index (κ2) is 5.22. The Kier molecular flexibility index (Phi) is 3.66. The van der Waals surface area contributed by atoms with Crippen molar-refractivity contribution in [1.29, 1.82) is 0 Å². The second-order valence-corrected chi connectivity index (χ2v) is 4.08. The highest BCUT2D eigenvalue weighted by Crippen LogP contribution is 2.20. The molecule has 0 saturated heterocycles. The lowest BCUT2D eigenvalue weighted by atomic mass is 10.4. The average molecular weight is 268 g/mol. The Bertz CT molecular complexity index is 604. The topological polar surface area (TPSA) is 64.7 Å². The summed E-state index contributed by atoms with van der Waals surface area (Å²) in [4.78, 5) is 11.8. The molecular formula is C11H14ClN5O. The highest BCUT2D eigenvalue weighted by Gasteiger charge is 2.09. The van der Waals surface area contributed by atoms with E-state index in [1.807, 2.05) is 20.0 Å². The summed E-state index contributed by atoms with van der Waals surface area (Å²) >= 11 is 6.00. The summed E-state index contributed by atoms with van der Waals surface area (Å²) in [5.41, 5.74) is 0.961. The van der Waals surface area contributed by atoms with E-state index in [0.717, 1.165) is 12.2 Å². The van der Waals surface area contributed by atoms with E-state index in [0.29, 0.717) is 12.2 Å². The van der Waals surface area contributed by atoms with Gasteiger partial charge in [-0.3, -0.25) is 9.48 Å². The molecular weight excluding hydrogens is 254 g/mol. The van der Waals surface area contributed by atoms with Crippen molar-refractivity contribution in [3.63, 3.8) is 0 Å². The van der Waals surface area contributed by atoms with Gasteiger partial charge in [-0.05, 0) is 13.8 Å². The highest BCUT2D eigenvalue weighted by atomic mass is 35.5. The molecule has 2 rings (SSSR count). The molecule has 0 bridgehead atoms. The number of aromatic nitrogens is 4. The maximum Gasteiger partial charge on any atom is 0.287 e. The van der Waals surface area contributed by atoms with Crippen LogP contribution in [0, 0.1) is 0 Å². The highest BCUT2D eigenvalue weighted by molar-refractivity contribution is 6.33. The summed E-state index contributed by atoms with van der Waals surface area (Å²) in [6.45, 7) is 5.11. The van der Waals surface area contributed by atoms with E-state index in [1.54, 1.807) is 10.9 Å². The summed E-state index contributed by atoms with van der Waals surface area (Å²) < 4.78 is 3.08. The van der Waals surface area contributed by atoms with Gasteiger partial charge in [0.2, 0.25) is 0 Å². The van der Waals surface area contributed by atoms with Crippen molar-refractivity contribution in [2.75, 3.05) is 5.32 Å². The molecule has 0 atom stereocenters. The molecule has 0 radical (unpaired) electrons. The predicted octanol–water partition coefficient (Wildman–Crippen LogP) is 1.88. The molecule has 0 spiro atoms.